The summed E-state index contributed by atoms with van der Waals surface area (Å²) in [7, 11) is 0. The van der Waals surface area contributed by atoms with Crippen LogP contribution in [0, 0.1) is 0 Å². The highest BCUT2D eigenvalue weighted by Crippen LogP contribution is 2.17. The summed E-state index contributed by atoms with van der Waals surface area (Å²) in [5.41, 5.74) is 0.891. The van der Waals surface area contributed by atoms with Crippen LogP contribution in [0.2, 0.25) is 0 Å². The minimum Gasteiger partial charge on any atom is -0.452 e. The maximum absolute atomic E-state index is 12.0. The molecule has 0 radical (unpaired) electrons. The minimum atomic E-state index is -0.733. The fourth-order valence-corrected chi connectivity index (χ4v) is 2.62. The lowest BCUT2D eigenvalue weighted by molar-refractivity contribution is -0.154. The van der Waals surface area contributed by atoms with Gasteiger partial charge in [0.2, 0.25) is 0 Å². The zero-order valence-corrected chi connectivity index (χ0v) is 12.5. The molecule has 1 atom stereocenters. The number of esters is 1. The number of carbonyl (C=O) groups is 2. The lowest BCUT2D eigenvalue weighted by Crippen LogP contribution is -2.42. The SMILES string of the molecule is CC(OC(=O)Cc1ccccc1)C(=O)NC1CCCCC1. The van der Waals surface area contributed by atoms with E-state index < -0.39 is 6.10 Å². The molecule has 0 bridgehead atoms. The molecule has 1 aromatic rings. The molecule has 1 N–H and O–H groups in total. The van der Waals surface area contributed by atoms with Gasteiger partial charge in [0, 0.05) is 6.04 Å². The number of amides is 1. The first-order chi connectivity index (χ1) is 10.1. The molecule has 114 valence electrons. The van der Waals surface area contributed by atoms with Gasteiger partial charge < -0.3 is 10.1 Å². The first-order valence-corrected chi connectivity index (χ1v) is 7.69. The summed E-state index contributed by atoms with van der Waals surface area (Å²) < 4.78 is 5.21. The topological polar surface area (TPSA) is 55.4 Å². The fraction of sp³-hybridized carbons (Fsp3) is 0.529. The van der Waals surface area contributed by atoms with E-state index in [1.54, 1.807) is 6.92 Å². The van der Waals surface area contributed by atoms with E-state index in [9.17, 15) is 9.59 Å². The summed E-state index contributed by atoms with van der Waals surface area (Å²) in [5, 5.41) is 2.97. The van der Waals surface area contributed by atoms with E-state index in [1.807, 2.05) is 30.3 Å². The Balaban J connectivity index is 1.75. The number of rotatable bonds is 5. The molecule has 21 heavy (non-hydrogen) atoms. The van der Waals surface area contributed by atoms with Gasteiger partial charge in [-0.1, -0.05) is 49.6 Å². The van der Waals surface area contributed by atoms with Gasteiger partial charge in [0.05, 0.1) is 6.42 Å². The Labute approximate surface area is 125 Å². The fourth-order valence-electron chi connectivity index (χ4n) is 2.62. The first kappa shape index (κ1) is 15.5. The number of nitrogens with one attached hydrogen (secondary N) is 1. The van der Waals surface area contributed by atoms with E-state index in [-0.39, 0.29) is 24.3 Å². The molecule has 1 aliphatic rings. The third-order valence-corrected chi connectivity index (χ3v) is 3.82. The van der Waals surface area contributed by atoms with E-state index in [0.717, 1.165) is 31.2 Å². The van der Waals surface area contributed by atoms with E-state index >= 15 is 0 Å². The lowest BCUT2D eigenvalue weighted by Gasteiger charge is -2.24. The van der Waals surface area contributed by atoms with Gasteiger partial charge in [-0.05, 0) is 25.3 Å². The molecule has 1 aliphatic carbocycles. The largest absolute Gasteiger partial charge is 0.452 e. The second-order valence-corrected chi connectivity index (χ2v) is 5.64. The average Bonchev–Trinajstić information content (AvgIpc) is 2.49. The van der Waals surface area contributed by atoms with Crippen molar-refractivity contribution < 1.29 is 14.3 Å². The first-order valence-electron chi connectivity index (χ1n) is 7.69. The molecule has 0 aromatic heterocycles. The summed E-state index contributed by atoms with van der Waals surface area (Å²) in [5.74, 6) is -0.559. The minimum absolute atomic E-state index is 0.191. The van der Waals surface area contributed by atoms with Gasteiger partial charge in [0.1, 0.15) is 0 Å². The van der Waals surface area contributed by atoms with Crippen LogP contribution in [0.4, 0.5) is 0 Å². The van der Waals surface area contributed by atoms with Crippen molar-refractivity contribution in [2.45, 2.75) is 57.6 Å². The normalized spacial score (nSPS) is 17.0. The van der Waals surface area contributed by atoms with Crippen molar-refractivity contribution in [3.8, 4) is 0 Å². The lowest BCUT2D eigenvalue weighted by atomic mass is 9.95. The zero-order valence-electron chi connectivity index (χ0n) is 12.5. The van der Waals surface area contributed by atoms with Gasteiger partial charge in [0.25, 0.3) is 5.91 Å². The Morgan fingerprint density at radius 1 is 1.19 bits per heavy atom. The highest BCUT2D eigenvalue weighted by atomic mass is 16.5. The van der Waals surface area contributed by atoms with Gasteiger partial charge in [-0.3, -0.25) is 9.59 Å². The summed E-state index contributed by atoms with van der Waals surface area (Å²) in [6, 6.07) is 9.63. The molecule has 1 amide bonds. The van der Waals surface area contributed by atoms with E-state index in [2.05, 4.69) is 5.32 Å². The van der Waals surface area contributed by atoms with Crippen molar-refractivity contribution in [2.24, 2.45) is 0 Å². The third-order valence-electron chi connectivity index (χ3n) is 3.82. The third kappa shape index (κ3) is 5.21. The van der Waals surface area contributed by atoms with Gasteiger partial charge in [-0.15, -0.1) is 0 Å². The van der Waals surface area contributed by atoms with Crippen molar-refractivity contribution in [1.82, 2.24) is 5.32 Å². The molecular formula is C17H23NO3. The molecule has 1 aromatic carbocycles. The van der Waals surface area contributed by atoms with Gasteiger partial charge in [-0.2, -0.15) is 0 Å². The van der Waals surface area contributed by atoms with Crippen LogP contribution >= 0.6 is 0 Å². The maximum Gasteiger partial charge on any atom is 0.311 e. The monoisotopic (exact) mass is 289 g/mol. The molecule has 1 fully saturated rings. The number of benzene rings is 1. The van der Waals surface area contributed by atoms with Crippen LogP contribution in [-0.2, 0) is 20.7 Å². The van der Waals surface area contributed by atoms with E-state index in [4.69, 9.17) is 4.74 Å². The van der Waals surface area contributed by atoms with Crippen LogP contribution in [0.15, 0.2) is 30.3 Å². The highest BCUT2D eigenvalue weighted by Gasteiger charge is 2.22. The molecule has 0 aliphatic heterocycles. The van der Waals surface area contributed by atoms with Crippen LogP contribution in [-0.4, -0.2) is 24.0 Å². The van der Waals surface area contributed by atoms with Crippen LogP contribution in [0.5, 0.6) is 0 Å². The van der Waals surface area contributed by atoms with Crippen LogP contribution in [0.1, 0.15) is 44.6 Å². The van der Waals surface area contributed by atoms with Crippen LogP contribution in [0.3, 0.4) is 0 Å². The van der Waals surface area contributed by atoms with Crippen LogP contribution < -0.4 is 5.32 Å². The van der Waals surface area contributed by atoms with Crippen molar-refractivity contribution in [3.05, 3.63) is 35.9 Å². The Kier molecular flexibility index (Phi) is 5.78. The summed E-state index contributed by atoms with van der Waals surface area (Å²) >= 11 is 0. The van der Waals surface area contributed by atoms with Gasteiger partial charge >= 0.3 is 5.97 Å². The molecule has 2 rings (SSSR count). The standard InChI is InChI=1S/C17H23NO3/c1-13(17(20)18-15-10-6-3-7-11-15)21-16(19)12-14-8-4-2-5-9-14/h2,4-5,8-9,13,15H,3,6-7,10-12H2,1H3,(H,18,20). The average molecular weight is 289 g/mol. The van der Waals surface area contributed by atoms with E-state index in [0.29, 0.717) is 0 Å². The zero-order chi connectivity index (χ0) is 15.1. The predicted octanol–water partition coefficient (Wildman–Crippen LogP) is 2.61. The van der Waals surface area contributed by atoms with Crippen LogP contribution in [0.25, 0.3) is 0 Å². The smallest absolute Gasteiger partial charge is 0.311 e. The Morgan fingerprint density at radius 3 is 2.52 bits per heavy atom. The Hall–Kier alpha value is -1.84. The highest BCUT2D eigenvalue weighted by molar-refractivity contribution is 5.84. The second-order valence-electron chi connectivity index (χ2n) is 5.64. The molecule has 4 nitrogen and oxygen atoms in total. The molecule has 4 heteroatoms. The summed E-state index contributed by atoms with van der Waals surface area (Å²) in [6.07, 6.45) is 5.08. The van der Waals surface area contributed by atoms with Crippen molar-refractivity contribution in [2.75, 3.05) is 0 Å². The Bertz CT molecular complexity index is 466. The number of hydrogen-bond donors (Lipinski definition) is 1. The summed E-state index contributed by atoms with van der Waals surface area (Å²) in [6.45, 7) is 1.63. The van der Waals surface area contributed by atoms with E-state index in [1.165, 1.54) is 6.42 Å². The number of hydrogen-bond acceptors (Lipinski definition) is 3. The Morgan fingerprint density at radius 2 is 1.86 bits per heavy atom. The molecule has 0 saturated heterocycles. The van der Waals surface area contributed by atoms with Crippen molar-refractivity contribution in [3.63, 3.8) is 0 Å². The second kappa shape index (κ2) is 7.81. The van der Waals surface area contributed by atoms with Crippen molar-refractivity contribution in [1.29, 1.82) is 0 Å². The number of carbonyl (C=O) groups excluding carboxylic acids is 2. The molecule has 1 unspecified atom stereocenters. The molecular weight excluding hydrogens is 266 g/mol. The molecule has 1 saturated carbocycles. The molecule has 0 heterocycles. The van der Waals surface area contributed by atoms with Gasteiger partial charge in [-0.25, -0.2) is 0 Å². The maximum atomic E-state index is 12.0. The number of ether oxygens (including phenoxy) is 1. The summed E-state index contributed by atoms with van der Waals surface area (Å²) in [4.78, 5) is 23.8. The quantitative estimate of drug-likeness (QED) is 0.848. The molecule has 0 spiro atoms. The predicted molar refractivity (Wildman–Crippen MR) is 80.7 cm³/mol. The van der Waals surface area contributed by atoms with Gasteiger partial charge in [0.15, 0.2) is 6.10 Å². The van der Waals surface area contributed by atoms with Crippen molar-refractivity contribution >= 4 is 11.9 Å².